The topological polar surface area (TPSA) is 333 Å². The molecular weight excluding hydrogens is 1980 g/mol. The third kappa shape index (κ3) is 23.7. The van der Waals surface area contributed by atoms with Crippen molar-refractivity contribution in [1.82, 2.24) is 103 Å². The largest absolute Gasteiger partial charge is 0.416 e. The summed E-state index contributed by atoms with van der Waals surface area (Å²) in [5, 5.41) is 42.3. The monoisotopic (exact) mass is 2080 g/mol. The van der Waals surface area contributed by atoms with E-state index in [4.69, 9.17) is 0 Å². The van der Waals surface area contributed by atoms with E-state index in [0.717, 1.165) is 35.9 Å². The summed E-state index contributed by atoms with van der Waals surface area (Å²) in [5.74, 6) is -2.92. The summed E-state index contributed by atoms with van der Waals surface area (Å²) >= 11 is 0. The van der Waals surface area contributed by atoms with Crippen molar-refractivity contribution < 1.29 is 109 Å². The van der Waals surface area contributed by atoms with E-state index >= 15 is 0 Å². The number of nitrogens with zero attached hydrogens (tertiary/aromatic N) is 20. The molecule has 6 amide bonds. The SMILES string of the molecule is CC(=O)c1ccc2nnc(C(=O)N3CCC(c4ccccc4C(F)(F)F)CC3)n2c1.CC(=O)c1ccn2c(C(=O)N3CCC(c4ccccc4C(F)(F)F)CC3)nnc2c1.CCC(=O)c1ccn2c(C(=O)N3CCC(c4ccccc4C(F)(F)F)CC3)nnc2c1.CNC(=O)c1ccc2nnc(C(=O)N3CCC(c4ccccc4C(F)(F)F)CC3)n2c1.Cc1ccn2c(C(=O)N3CCC(c4ccccc4C(F)(F)F)CC3)nnc2c1. The number of pyridine rings is 5. The Kier molecular flexibility index (Phi) is 31.7. The number of alkyl halides is 15. The zero-order valence-electron chi connectivity index (χ0n) is 81.2. The van der Waals surface area contributed by atoms with Crippen LogP contribution in [-0.2, 0) is 30.9 Å². The van der Waals surface area contributed by atoms with Crippen molar-refractivity contribution in [1.29, 1.82) is 0 Å². The summed E-state index contributed by atoms with van der Waals surface area (Å²) < 4.78 is 207. The van der Waals surface area contributed by atoms with Crippen LogP contribution in [0.25, 0.3) is 28.2 Å². The minimum absolute atomic E-state index is 0.0282. The van der Waals surface area contributed by atoms with Crippen molar-refractivity contribution in [2.45, 2.75) is 159 Å². The highest BCUT2D eigenvalue weighted by Crippen LogP contribution is 2.46. The van der Waals surface area contributed by atoms with Crippen molar-refractivity contribution in [2.24, 2.45) is 0 Å². The van der Waals surface area contributed by atoms with Crippen molar-refractivity contribution >= 4 is 81.0 Å². The third-order valence-electron chi connectivity index (χ3n) is 27.5. The molecule has 0 aliphatic carbocycles. The second-order valence-electron chi connectivity index (χ2n) is 36.9. The maximum absolute atomic E-state index is 13.3. The Morgan fingerprint density at radius 3 is 0.800 bits per heavy atom. The fourth-order valence-corrected chi connectivity index (χ4v) is 19.6. The summed E-state index contributed by atoms with van der Waals surface area (Å²) in [5.41, 5.74) is 3.39. The summed E-state index contributed by atoms with van der Waals surface area (Å²) in [7, 11) is 1.51. The van der Waals surface area contributed by atoms with E-state index in [-0.39, 0.29) is 134 Å². The van der Waals surface area contributed by atoms with Crippen LogP contribution >= 0.6 is 0 Å². The van der Waals surface area contributed by atoms with Crippen LogP contribution in [0.5, 0.6) is 0 Å². The maximum Gasteiger partial charge on any atom is 0.416 e. The molecule has 5 aliphatic heterocycles. The molecule has 0 radical (unpaired) electrons. The van der Waals surface area contributed by atoms with Crippen LogP contribution in [0, 0.1) is 6.92 Å². The van der Waals surface area contributed by atoms with E-state index in [1.165, 1.54) is 105 Å². The molecular formula is C105H98F15N21O9. The first-order chi connectivity index (χ1) is 71.4. The number of aryl methyl sites for hydroxylation is 1. The number of carbonyl (C=O) groups is 9. The van der Waals surface area contributed by atoms with Crippen LogP contribution in [0.15, 0.2) is 213 Å². The number of fused-ring (bicyclic) bond motifs is 5. The standard InChI is InChI=1S/C22H21F3N4O2.C21H20F3N5O2.2C21H19F3N4O2.C20H19F3N4O/c1-2-18(30)15-9-12-29-19(13-15)26-27-20(29)21(31)28-10-7-14(8-11-28)16-5-3-4-6-17(16)22(23,24)25;1-25-19(30)14-6-7-17-26-27-18(29(17)12-14)20(31)28-10-8-13(9-11-28)15-4-2-3-5-16(15)21(22,23)24;1-13(29)15-8-11-28-18(12-15)25-26-19(28)20(30)27-9-6-14(7-10-27)16-4-2-3-5-17(16)21(22,23)24;1-13(29)15-6-7-18-25-26-19(28(18)12-15)20(30)27-10-8-14(9-11-27)16-4-2-3-5-17(16)21(22,23)24;1-13-6-11-27-17(12-13)24-25-18(27)19(28)26-9-7-14(8-10-26)15-4-2-3-5-16(15)20(21,22)23/h3-6,9,12-14H,2,7-8,10-11H2,1H3;2-7,12-13H,8-11H2,1H3,(H,25,30);2-5,8,11-12,14H,6-7,9-10H2,1H3;2-7,12,14H,8-11H2,1H3;2-6,11-12,14H,7-10H2,1H3. The van der Waals surface area contributed by atoms with E-state index in [0.29, 0.717) is 192 Å². The number of hydrogen-bond acceptors (Lipinski definition) is 19. The molecule has 10 aromatic heterocycles. The minimum atomic E-state index is -4.41. The number of Topliss-reactive ketones (excluding diaryl/α,β-unsaturated/α-hetero) is 3. The number of carbonyl (C=O) groups excluding carboxylic acids is 9. The quantitative estimate of drug-likeness (QED) is 0.0736. The lowest BCUT2D eigenvalue weighted by Crippen LogP contribution is -2.39. The van der Waals surface area contributed by atoms with Gasteiger partial charge in [0.1, 0.15) is 0 Å². The number of benzene rings is 5. The molecule has 45 heteroatoms. The number of hydrogen-bond donors (Lipinski definition) is 1. The zero-order chi connectivity index (χ0) is 107. The van der Waals surface area contributed by atoms with E-state index in [1.807, 2.05) is 19.1 Å². The Hall–Kier alpha value is -16.0. The fraction of sp³-hybridized carbons (Fsp3) is 0.343. The molecule has 1 N–H and O–H groups in total. The minimum Gasteiger partial charge on any atom is -0.355 e. The van der Waals surface area contributed by atoms with Gasteiger partial charge in [-0.3, -0.25) is 65.2 Å². The Labute approximate surface area is 845 Å². The number of likely N-dealkylation sites (tertiary alicyclic amines) is 5. The first kappa shape index (κ1) is 107. The van der Waals surface area contributed by atoms with E-state index < -0.39 is 58.7 Å². The van der Waals surface area contributed by atoms with E-state index in [1.54, 1.807) is 139 Å². The lowest BCUT2D eigenvalue weighted by molar-refractivity contribution is -0.139. The molecule has 0 bridgehead atoms. The lowest BCUT2D eigenvalue weighted by atomic mass is 9.86. The highest BCUT2D eigenvalue weighted by Gasteiger charge is 2.44. The number of nitrogens with one attached hydrogen (secondary N) is 1. The van der Waals surface area contributed by atoms with Crippen molar-refractivity contribution in [3.63, 3.8) is 0 Å². The van der Waals surface area contributed by atoms with Gasteiger partial charge in [-0.1, -0.05) is 97.9 Å². The summed E-state index contributed by atoms with van der Waals surface area (Å²) in [6.45, 7) is 9.90. The number of rotatable bonds is 15. The van der Waals surface area contributed by atoms with Gasteiger partial charge in [0.05, 0.1) is 33.4 Å². The van der Waals surface area contributed by atoms with Crippen LogP contribution in [0.4, 0.5) is 65.9 Å². The van der Waals surface area contributed by atoms with Gasteiger partial charge in [0.25, 0.3) is 35.4 Å². The van der Waals surface area contributed by atoms with Crippen LogP contribution in [0.2, 0.25) is 0 Å². The highest BCUT2D eigenvalue weighted by molar-refractivity contribution is 5.99. The maximum atomic E-state index is 13.3. The molecule has 5 aromatic carbocycles. The molecule has 30 nitrogen and oxygen atoms in total. The highest BCUT2D eigenvalue weighted by atomic mass is 19.4. The average Bonchev–Trinajstić information content (AvgIpc) is 1.61. The van der Waals surface area contributed by atoms with E-state index in [2.05, 4.69) is 56.3 Å². The predicted octanol–water partition coefficient (Wildman–Crippen LogP) is 19.5. The van der Waals surface area contributed by atoms with Gasteiger partial charge in [0.15, 0.2) is 45.6 Å². The van der Waals surface area contributed by atoms with Gasteiger partial charge in [0, 0.05) is 127 Å². The summed E-state index contributed by atoms with van der Waals surface area (Å²) in [4.78, 5) is 120. The molecule has 5 aliphatic rings. The number of ketones is 3. The predicted molar refractivity (Wildman–Crippen MR) is 514 cm³/mol. The molecule has 15 heterocycles. The molecule has 0 saturated carbocycles. The van der Waals surface area contributed by atoms with Gasteiger partial charge >= 0.3 is 30.9 Å². The molecule has 0 unspecified atom stereocenters. The number of piperidine rings is 5. The second kappa shape index (κ2) is 44.6. The molecule has 20 rings (SSSR count). The average molecular weight is 2080 g/mol. The van der Waals surface area contributed by atoms with Gasteiger partial charge in [-0.15, -0.1) is 51.0 Å². The van der Waals surface area contributed by atoms with Crippen molar-refractivity contribution in [3.8, 4) is 0 Å². The van der Waals surface area contributed by atoms with Crippen LogP contribution in [0.1, 0.15) is 277 Å². The Morgan fingerprint density at radius 2 is 0.527 bits per heavy atom. The summed E-state index contributed by atoms with van der Waals surface area (Å²) in [6.07, 6.45) is -9.30. The fourth-order valence-electron chi connectivity index (χ4n) is 19.6. The van der Waals surface area contributed by atoms with Crippen LogP contribution in [0.3, 0.4) is 0 Å². The van der Waals surface area contributed by atoms with Crippen molar-refractivity contribution in [2.75, 3.05) is 72.5 Å². The third-order valence-corrected chi connectivity index (χ3v) is 27.5. The van der Waals surface area contributed by atoms with Gasteiger partial charge < -0.3 is 29.8 Å². The van der Waals surface area contributed by atoms with Crippen molar-refractivity contribution in [3.05, 3.63) is 326 Å². The van der Waals surface area contributed by atoms with Gasteiger partial charge in [0.2, 0.25) is 29.1 Å². The van der Waals surface area contributed by atoms with Crippen LogP contribution in [-0.4, -0.2) is 223 Å². The number of aromatic nitrogens is 15. The summed E-state index contributed by atoms with van der Waals surface area (Å²) in [6, 6.07) is 44.6. The first-order valence-electron chi connectivity index (χ1n) is 48.2. The molecule has 0 spiro atoms. The van der Waals surface area contributed by atoms with Gasteiger partial charge in [-0.05, 0) is 239 Å². The molecule has 0 atom stereocenters. The smallest absolute Gasteiger partial charge is 0.355 e. The van der Waals surface area contributed by atoms with Crippen LogP contribution < -0.4 is 5.32 Å². The molecule has 5 fully saturated rings. The molecule has 150 heavy (non-hydrogen) atoms. The van der Waals surface area contributed by atoms with Gasteiger partial charge in [-0.2, -0.15) is 65.9 Å². The number of halogens is 15. The zero-order valence-corrected chi connectivity index (χ0v) is 81.2. The van der Waals surface area contributed by atoms with Gasteiger partial charge in [-0.25, -0.2) is 0 Å². The normalized spacial score (nSPS) is 15.5. The molecule has 5 saturated heterocycles. The number of amides is 6. The Balaban J connectivity index is 0.000000134. The molecule has 15 aromatic rings. The van der Waals surface area contributed by atoms with E-state index in [9.17, 15) is 109 Å². The first-order valence-corrected chi connectivity index (χ1v) is 48.2. The lowest BCUT2D eigenvalue weighted by Gasteiger charge is -2.32. The second-order valence-corrected chi connectivity index (χ2v) is 36.9. The molecule has 782 valence electrons. The Morgan fingerprint density at radius 1 is 0.287 bits per heavy atom. The Bertz CT molecular complexity index is 7560.